The number of rotatable bonds is 7. The predicted molar refractivity (Wildman–Crippen MR) is 136 cm³/mol. The Hall–Kier alpha value is -3.88. The molecule has 0 unspecified atom stereocenters. The number of nitriles is 1. The average molecular weight is 514 g/mol. The van der Waals surface area contributed by atoms with Crippen LogP contribution in [0.4, 0.5) is 15.4 Å². The summed E-state index contributed by atoms with van der Waals surface area (Å²) >= 11 is 0. The summed E-state index contributed by atoms with van der Waals surface area (Å²) in [6.07, 6.45) is 2.99. The van der Waals surface area contributed by atoms with E-state index in [1.807, 2.05) is 18.0 Å². The lowest BCUT2D eigenvalue weighted by Crippen LogP contribution is -2.52. The van der Waals surface area contributed by atoms with Gasteiger partial charge in [0.05, 0.1) is 24.1 Å². The van der Waals surface area contributed by atoms with Crippen molar-refractivity contribution in [3.8, 4) is 6.07 Å². The van der Waals surface area contributed by atoms with E-state index in [1.165, 1.54) is 10.9 Å². The average Bonchev–Trinajstić information content (AvgIpc) is 3.27. The molecule has 200 valence electrons. The van der Waals surface area contributed by atoms with Gasteiger partial charge in [-0.2, -0.15) is 5.26 Å². The molecule has 3 rings (SSSR count). The van der Waals surface area contributed by atoms with Gasteiger partial charge < -0.3 is 24.6 Å². The van der Waals surface area contributed by atoms with Gasteiger partial charge >= 0.3 is 12.2 Å². The van der Waals surface area contributed by atoms with Crippen molar-refractivity contribution in [2.24, 2.45) is 5.92 Å². The van der Waals surface area contributed by atoms with Crippen LogP contribution in [-0.4, -0.2) is 82.5 Å². The molecule has 12 heteroatoms. The van der Waals surface area contributed by atoms with Crippen LogP contribution in [0.25, 0.3) is 11.0 Å². The number of alkyl carbamates (subject to hydrolysis) is 1. The predicted octanol–water partition coefficient (Wildman–Crippen LogP) is 2.92. The van der Waals surface area contributed by atoms with Gasteiger partial charge in [0.25, 0.3) is 0 Å². The van der Waals surface area contributed by atoms with Gasteiger partial charge in [0, 0.05) is 32.9 Å². The number of carbonyl (C=O) groups is 3. The summed E-state index contributed by atoms with van der Waals surface area (Å²) in [4.78, 5) is 49.2. The highest BCUT2D eigenvalue weighted by Crippen LogP contribution is 2.29. The van der Waals surface area contributed by atoms with E-state index in [-0.39, 0.29) is 25.0 Å². The quantitative estimate of drug-likeness (QED) is 0.553. The molecule has 0 aliphatic carbocycles. The van der Waals surface area contributed by atoms with E-state index >= 15 is 0 Å². The zero-order valence-electron chi connectivity index (χ0n) is 22.1. The van der Waals surface area contributed by atoms with Crippen molar-refractivity contribution in [2.75, 3.05) is 38.2 Å². The van der Waals surface area contributed by atoms with Crippen LogP contribution in [0.1, 0.15) is 47.0 Å². The lowest BCUT2D eigenvalue weighted by molar-refractivity contribution is -0.131. The Kier molecular flexibility index (Phi) is 8.91. The van der Waals surface area contributed by atoms with Gasteiger partial charge in [-0.1, -0.05) is 6.92 Å². The highest BCUT2D eigenvalue weighted by Gasteiger charge is 2.33. The fourth-order valence-corrected chi connectivity index (χ4v) is 4.29. The molecule has 1 saturated heterocycles. The molecule has 1 aliphatic heterocycles. The molecule has 3 heterocycles. The number of nitrogens with one attached hydrogen (secondary N) is 1. The lowest BCUT2D eigenvalue weighted by Gasteiger charge is -2.42. The maximum atomic E-state index is 12.7. The Balaban J connectivity index is 1.63. The first-order valence-corrected chi connectivity index (χ1v) is 12.4. The number of amides is 2. The fourth-order valence-electron chi connectivity index (χ4n) is 4.29. The first-order chi connectivity index (χ1) is 17.5. The van der Waals surface area contributed by atoms with Gasteiger partial charge in [-0.3, -0.25) is 4.79 Å². The van der Waals surface area contributed by atoms with Crippen LogP contribution in [0.5, 0.6) is 0 Å². The molecule has 0 aromatic carbocycles. The minimum atomic E-state index is -0.584. The third kappa shape index (κ3) is 7.09. The fraction of sp³-hybridized carbons (Fsp3) is 0.600. The van der Waals surface area contributed by atoms with Gasteiger partial charge in [-0.25, -0.2) is 24.1 Å². The number of nitrogens with zero attached hydrogens (tertiary/aromatic N) is 6. The van der Waals surface area contributed by atoms with Crippen LogP contribution in [0.3, 0.4) is 0 Å². The van der Waals surface area contributed by atoms with Gasteiger partial charge in [0.1, 0.15) is 24.2 Å². The van der Waals surface area contributed by atoms with Crippen LogP contribution in [0.15, 0.2) is 18.6 Å². The van der Waals surface area contributed by atoms with Crippen LogP contribution in [0.2, 0.25) is 0 Å². The summed E-state index contributed by atoms with van der Waals surface area (Å²) in [7, 11) is 1.91. The number of piperidine rings is 1. The van der Waals surface area contributed by atoms with E-state index in [1.54, 1.807) is 37.9 Å². The second kappa shape index (κ2) is 11.9. The number of likely N-dealkylation sites (tertiary alicyclic amines) is 1. The van der Waals surface area contributed by atoms with Crippen LogP contribution in [0, 0.1) is 17.2 Å². The number of hydrogen-bond acceptors (Lipinski definition) is 9. The lowest BCUT2D eigenvalue weighted by atomic mass is 9.92. The molecular formula is C25H35N7O5. The van der Waals surface area contributed by atoms with Crippen molar-refractivity contribution in [2.45, 2.75) is 58.6 Å². The smallest absolute Gasteiger partial charge is 0.419 e. The molecule has 1 fully saturated rings. The third-order valence-electron chi connectivity index (χ3n) is 6.21. The highest BCUT2D eigenvalue weighted by atomic mass is 16.6. The summed E-state index contributed by atoms with van der Waals surface area (Å²) in [5, 5.41) is 12.2. The largest absolute Gasteiger partial charge is 0.449 e. The van der Waals surface area contributed by atoms with Crippen molar-refractivity contribution in [1.29, 1.82) is 5.26 Å². The monoisotopic (exact) mass is 513 g/mol. The van der Waals surface area contributed by atoms with Gasteiger partial charge in [0.15, 0.2) is 5.65 Å². The van der Waals surface area contributed by atoms with Gasteiger partial charge in [-0.15, -0.1) is 0 Å². The van der Waals surface area contributed by atoms with E-state index in [0.29, 0.717) is 48.8 Å². The molecule has 2 aromatic rings. The summed E-state index contributed by atoms with van der Waals surface area (Å²) < 4.78 is 11.9. The van der Waals surface area contributed by atoms with E-state index in [9.17, 15) is 14.4 Å². The topological polar surface area (TPSA) is 143 Å². The number of carbonyl (C=O) groups excluding carboxylic acids is 3. The molecule has 1 N–H and O–H groups in total. The second-order valence-electron chi connectivity index (χ2n) is 10.1. The number of anilines is 1. The number of fused-ring (bicyclic) bond motifs is 1. The minimum absolute atomic E-state index is 0.0118. The van der Waals surface area contributed by atoms with E-state index in [0.717, 1.165) is 6.42 Å². The molecule has 2 atom stereocenters. The summed E-state index contributed by atoms with van der Waals surface area (Å²) in [6, 6.07) is 3.68. The molecule has 12 nitrogen and oxygen atoms in total. The van der Waals surface area contributed by atoms with E-state index in [4.69, 9.17) is 14.7 Å². The molecule has 2 amide bonds. The summed E-state index contributed by atoms with van der Waals surface area (Å²) in [6.45, 7) is 9.01. The Bertz CT molecular complexity index is 1170. The molecule has 1 aliphatic rings. The van der Waals surface area contributed by atoms with E-state index in [2.05, 4.69) is 22.2 Å². The molecule has 37 heavy (non-hydrogen) atoms. The summed E-state index contributed by atoms with van der Waals surface area (Å²) in [5.41, 5.74) is -0.168. The van der Waals surface area contributed by atoms with Crippen molar-refractivity contribution in [3.63, 3.8) is 0 Å². The Morgan fingerprint density at radius 1 is 1.30 bits per heavy atom. The summed E-state index contributed by atoms with van der Waals surface area (Å²) in [5.74, 6) is 0.767. The Morgan fingerprint density at radius 2 is 2.05 bits per heavy atom. The normalized spacial score (nSPS) is 17.7. The van der Waals surface area contributed by atoms with Crippen LogP contribution < -0.4 is 10.2 Å². The van der Waals surface area contributed by atoms with Crippen molar-refractivity contribution < 1.29 is 23.9 Å². The molecule has 0 spiro atoms. The van der Waals surface area contributed by atoms with Crippen molar-refractivity contribution in [3.05, 3.63) is 18.6 Å². The first-order valence-electron chi connectivity index (χ1n) is 12.4. The molecule has 0 radical (unpaired) electrons. The molecule has 2 aromatic heterocycles. The van der Waals surface area contributed by atoms with Gasteiger partial charge in [0.2, 0.25) is 5.91 Å². The highest BCUT2D eigenvalue weighted by molar-refractivity contribution is 5.93. The molecule has 0 saturated carbocycles. The zero-order valence-corrected chi connectivity index (χ0v) is 22.1. The zero-order chi connectivity index (χ0) is 27.2. The first kappa shape index (κ1) is 27.7. The third-order valence-corrected chi connectivity index (χ3v) is 6.21. The number of hydrogen-bond donors (Lipinski definition) is 1. The molecular weight excluding hydrogens is 478 g/mol. The van der Waals surface area contributed by atoms with Gasteiger partial charge in [-0.05, 0) is 45.6 Å². The number of likely N-dealkylation sites (N-methyl/N-ethyl adjacent to an activating group) is 1. The van der Waals surface area contributed by atoms with E-state index < -0.39 is 17.8 Å². The molecule has 0 bridgehead atoms. The standard InChI is InChI=1S/C25H35N7O5/c1-17-8-12-31(20(33)7-10-26)15-19(17)30(5)21-18-9-13-32(22(18)29-16-28-21)24(35)36-14-6-11-27-23(34)37-25(2,3)4/h9,13,16-17,19H,6-8,11-12,14-15H2,1-5H3,(H,27,34)/t17-,19+/m1/s1. The Labute approximate surface area is 216 Å². The maximum Gasteiger partial charge on any atom is 0.419 e. The maximum absolute atomic E-state index is 12.7. The van der Waals surface area contributed by atoms with Crippen LogP contribution >= 0.6 is 0 Å². The van der Waals surface area contributed by atoms with Crippen molar-refractivity contribution >= 4 is 34.9 Å². The van der Waals surface area contributed by atoms with Crippen LogP contribution in [-0.2, 0) is 14.3 Å². The number of aromatic nitrogens is 3. The minimum Gasteiger partial charge on any atom is -0.449 e. The van der Waals surface area contributed by atoms with Crippen molar-refractivity contribution in [1.82, 2.24) is 24.8 Å². The SMILES string of the molecule is C[C@@H]1CCN(C(=O)CC#N)C[C@@H]1N(C)c1ncnc2c1ccn2C(=O)OCCCNC(=O)OC(C)(C)C. The second-order valence-corrected chi connectivity index (χ2v) is 10.1. The number of ether oxygens (including phenoxy) is 2. The Morgan fingerprint density at radius 3 is 2.76 bits per heavy atom.